The van der Waals surface area contributed by atoms with E-state index in [2.05, 4.69) is 25.7 Å². The van der Waals surface area contributed by atoms with Crippen LogP contribution in [-0.2, 0) is 4.74 Å². The number of ether oxygens (including phenoxy) is 1. The van der Waals surface area contributed by atoms with E-state index in [4.69, 9.17) is 10.5 Å². The molecule has 84 valence electrons. The second kappa shape index (κ2) is 5.10. The Morgan fingerprint density at radius 2 is 2.07 bits per heavy atom. The standard InChI is InChI=1S/C11H24N2O/c1-4-11(12,5-2)9-13-6-7-14-8-10(13)3/h10H,4-9,12H2,1-3H3. The molecule has 0 bridgehead atoms. The summed E-state index contributed by atoms with van der Waals surface area (Å²) in [6, 6.07) is 0.518. The summed E-state index contributed by atoms with van der Waals surface area (Å²) >= 11 is 0. The molecule has 3 heteroatoms. The molecule has 1 unspecified atom stereocenters. The molecular weight excluding hydrogens is 176 g/mol. The van der Waals surface area contributed by atoms with Gasteiger partial charge in [-0.2, -0.15) is 0 Å². The molecule has 0 amide bonds. The zero-order valence-corrected chi connectivity index (χ0v) is 9.75. The van der Waals surface area contributed by atoms with Crippen LogP contribution in [0, 0.1) is 0 Å². The van der Waals surface area contributed by atoms with Gasteiger partial charge in [0, 0.05) is 24.7 Å². The normalized spacial score (nSPS) is 25.3. The van der Waals surface area contributed by atoms with Crippen molar-refractivity contribution in [3.8, 4) is 0 Å². The molecule has 2 N–H and O–H groups in total. The summed E-state index contributed by atoms with van der Waals surface area (Å²) < 4.78 is 5.41. The Bertz CT molecular complexity index is 169. The molecule has 3 nitrogen and oxygen atoms in total. The average molecular weight is 200 g/mol. The number of hydrogen-bond acceptors (Lipinski definition) is 3. The molecule has 0 aromatic carbocycles. The van der Waals surface area contributed by atoms with Gasteiger partial charge in [0.15, 0.2) is 0 Å². The zero-order valence-electron chi connectivity index (χ0n) is 9.75. The summed E-state index contributed by atoms with van der Waals surface area (Å²) in [6.45, 7) is 10.3. The lowest BCUT2D eigenvalue weighted by molar-refractivity contribution is -0.0108. The SMILES string of the molecule is CCC(N)(CC)CN1CCOCC1C. The first-order valence-electron chi connectivity index (χ1n) is 5.72. The molecule has 1 rings (SSSR count). The smallest absolute Gasteiger partial charge is 0.0619 e. The van der Waals surface area contributed by atoms with E-state index in [1.807, 2.05) is 0 Å². The summed E-state index contributed by atoms with van der Waals surface area (Å²) in [4.78, 5) is 2.45. The van der Waals surface area contributed by atoms with Crippen molar-refractivity contribution in [1.29, 1.82) is 0 Å². The highest BCUT2D eigenvalue weighted by atomic mass is 16.5. The minimum absolute atomic E-state index is 0.00833. The molecule has 1 aliphatic rings. The van der Waals surface area contributed by atoms with Gasteiger partial charge in [-0.3, -0.25) is 4.90 Å². The first kappa shape index (κ1) is 12.0. The Hall–Kier alpha value is -0.120. The predicted molar refractivity (Wildman–Crippen MR) is 59.4 cm³/mol. The van der Waals surface area contributed by atoms with Crippen LogP contribution in [-0.4, -0.2) is 42.8 Å². The number of nitrogens with zero attached hydrogens (tertiary/aromatic N) is 1. The topological polar surface area (TPSA) is 38.5 Å². The highest BCUT2D eigenvalue weighted by molar-refractivity contribution is 4.87. The maximum atomic E-state index is 6.31. The first-order chi connectivity index (χ1) is 6.61. The van der Waals surface area contributed by atoms with Crippen LogP contribution in [0.1, 0.15) is 33.6 Å². The van der Waals surface area contributed by atoms with Crippen molar-refractivity contribution in [3.05, 3.63) is 0 Å². The van der Waals surface area contributed by atoms with Gasteiger partial charge in [-0.25, -0.2) is 0 Å². The van der Waals surface area contributed by atoms with E-state index >= 15 is 0 Å². The molecule has 1 heterocycles. The van der Waals surface area contributed by atoms with Crippen molar-refractivity contribution < 1.29 is 4.74 Å². The lowest BCUT2D eigenvalue weighted by Gasteiger charge is -2.39. The Balaban J connectivity index is 2.48. The monoisotopic (exact) mass is 200 g/mol. The summed E-state index contributed by atoms with van der Waals surface area (Å²) in [7, 11) is 0. The summed E-state index contributed by atoms with van der Waals surface area (Å²) in [5.74, 6) is 0. The van der Waals surface area contributed by atoms with Crippen LogP contribution in [0.15, 0.2) is 0 Å². The Kier molecular flexibility index (Phi) is 4.35. The zero-order chi connectivity index (χ0) is 10.6. The Labute approximate surface area is 87.6 Å². The van der Waals surface area contributed by atoms with Gasteiger partial charge in [0.2, 0.25) is 0 Å². The van der Waals surface area contributed by atoms with Crippen LogP contribution in [0.5, 0.6) is 0 Å². The first-order valence-corrected chi connectivity index (χ1v) is 5.72. The number of hydrogen-bond donors (Lipinski definition) is 1. The molecule has 0 spiro atoms. The van der Waals surface area contributed by atoms with Crippen molar-refractivity contribution in [2.75, 3.05) is 26.3 Å². The van der Waals surface area contributed by atoms with Gasteiger partial charge in [0.25, 0.3) is 0 Å². The lowest BCUT2D eigenvalue weighted by Crippen LogP contribution is -2.55. The second-order valence-electron chi connectivity index (χ2n) is 4.46. The molecule has 0 aromatic rings. The van der Waals surface area contributed by atoms with E-state index in [0.717, 1.165) is 39.1 Å². The van der Waals surface area contributed by atoms with Crippen molar-refractivity contribution in [3.63, 3.8) is 0 Å². The van der Waals surface area contributed by atoms with Crippen LogP contribution in [0.3, 0.4) is 0 Å². The van der Waals surface area contributed by atoms with E-state index in [-0.39, 0.29) is 5.54 Å². The van der Waals surface area contributed by atoms with E-state index in [1.54, 1.807) is 0 Å². The summed E-state index contributed by atoms with van der Waals surface area (Å²) in [5.41, 5.74) is 6.30. The maximum absolute atomic E-state index is 6.31. The molecule has 14 heavy (non-hydrogen) atoms. The van der Waals surface area contributed by atoms with Crippen molar-refractivity contribution in [1.82, 2.24) is 4.90 Å². The molecule has 0 aliphatic carbocycles. The average Bonchev–Trinajstić information content (AvgIpc) is 2.21. The van der Waals surface area contributed by atoms with E-state index in [9.17, 15) is 0 Å². The van der Waals surface area contributed by atoms with Gasteiger partial charge in [-0.05, 0) is 19.8 Å². The molecule has 1 aliphatic heterocycles. The summed E-state index contributed by atoms with van der Waals surface area (Å²) in [5, 5.41) is 0. The fraction of sp³-hybridized carbons (Fsp3) is 1.00. The van der Waals surface area contributed by atoms with Gasteiger partial charge < -0.3 is 10.5 Å². The molecule has 1 saturated heterocycles. The molecular formula is C11H24N2O. The van der Waals surface area contributed by atoms with Gasteiger partial charge in [-0.15, -0.1) is 0 Å². The van der Waals surface area contributed by atoms with Gasteiger partial charge >= 0.3 is 0 Å². The molecule has 1 atom stereocenters. The van der Waals surface area contributed by atoms with Crippen molar-refractivity contribution in [2.24, 2.45) is 5.73 Å². The van der Waals surface area contributed by atoms with Crippen LogP contribution in [0.25, 0.3) is 0 Å². The van der Waals surface area contributed by atoms with Crippen LogP contribution in [0.4, 0.5) is 0 Å². The van der Waals surface area contributed by atoms with E-state index < -0.39 is 0 Å². The van der Waals surface area contributed by atoms with E-state index in [1.165, 1.54) is 0 Å². The van der Waals surface area contributed by atoms with Gasteiger partial charge in [-0.1, -0.05) is 13.8 Å². The third kappa shape index (κ3) is 2.94. The molecule has 1 fully saturated rings. The van der Waals surface area contributed by atoms with Crippen LogP contribution >= 0.6 is 0 Å². The molecule has 0 aromatic heterocycles. The largest absolute Gasteiger partial charge is 0.379 e. The molecule has 0 saturated carbocycles. The minimum atomic E-state index is -0.00833. The quantitative estimate of drug-likeness (QED) is 0.741. The third-order valence-electron chi connectivity index (χ3n) is 3.43. The number of nitrogens with two attached hydrogens (primary N) is 1. The van der Waals surface area contributed by atoms with Crippen molar-refractivity contribution in [2.45, 2.75) is 45.2 Å². The Morgan fingerprint density at radius 3 is 2.57 bits per heavy atom. The predicted octanol–water partition coefficient (Wildman–Crippen LogP) is 1.22. The Morgan fingerprint density at radius 1 is 1.43 bits per heavy atom. The highest BCUT2D eigenvalue weighted by Gasteiger charge is 2.27. The molecule has 0 radical (unpaired) electrons. The van der Waals surface area contributed by atoms with Gasteiger partial charge in [0.05, 0.1) is 13.2 Å². The van der Waals surface area contributed by atoms with Crippen LogP contribution in [0.2, 0.25) is 0 Å². The fourth-order valence-corrected chi connectivity index (χ4v) is 1.87. The minimum Gasteiger partial charge on any atom is -0.379 e. The van der Waals surface area contributed by atoms with Crippen LogP contribution < -0.4 is 5.73 Å². The maximum Gasteiger partial charge on any atom is 0.0619 e. The van der Waals surface area contributed by atoms with Gasteiger partial charge in [0.1, 0.15) is 0 Å². The lowest BCUT2D eigenvalue weighted by atomic mass is 9.93. The van der Waals surface area contributed by atoms with Crippen molar-refractivity contribution >= 4 is 0 Å². The summed E-state index contributed by atoms with van der Waals surface area (Å²) in [6.07, 6.45) is 2.10. The fourth-order valence-electron chi connectivity index (χ4n) is 1.87. The third-order valence-corrected chi connectivity index (χ3v) is 3.43. The number of morpholine rings is 1. The number of rotatable bonds is 4. The highest BCUT2D eigenvalue weighted by Crippen LogP contribution is 2.16. The van der Waals surface area contributed by atoms with E-state index in [0.29, 0.717) is 6.04 Å². The second-order valence-corrected chi connectivity index (χ2v) is 4.46.